The van der Waals surface area contributed by atoms with Gasteiger partial charge in [0.05, 0.1) is 6.10 Å². The zero-order valence-corrected chi connectivity index (χ0v) is 16.0. The van der Waals surface area contributed by atoms with E-state index >= 15 is 0 Å². The first-order valence-corrected chi connectivity index (χ1v) is 11.5. The van der Waals surface area contributed by atoms with E-state index in [1.807, 2.05) is 0 Å². The lowest BCUT2D eigenvalue weighted by Crippen LogP contribution is -2.53. The van der Waals surface area contributed by atoms with Crippen molar-refractivity contribution in [3.05, 3.63) is 0 Å². The first kappa shape index (κ1) is 17.5. The number of phosphoric acid groups is 1. The molecule has 0 amide bonds. The van der Waals surface area contributed by atoms with E-state index in [4.69, 9.17) is 4.52 Å². The Kier molecular flexibility index (Phi) is 4.24. The second-order valence-corrected chi connectivity index (χ2v) is 10.8. The van der Waals surface area contributed by atoms with Gasteiger partial charge in [-0.2, -0.15) is 0 Å². The lowest BCUT2D eigenvalue weighted by Gasteiger charge is -2.60. The van der Waals surface area contributed by atoms with Crippen molar-refractivity contribution in [1.29, 1.82) is 0 Å². The van der Waals surface area contributed by atoms with Gasteiger partial charge in [-0.05, 0) is 85.9 Å². The van der Waals surface area contributed by atoms with Crippen LogP contribution >= 0.6 is 7.82 Å². The molecule has 0 heterocycles. The first-order valence-electron chi connectivity index (χ1n) is 9.98. The smallest absolute Gasteiger partial charge is 0.303 e. The molecule has 5 heteroatoms. The summed E-state index contributed by atoms with van der Waals surface area (Å²) in [5, 5.41) is 0. The quantitative estimate of drug-likeness (QED) is 0.691. The van der Waals surface area contributed by atoms with Gasteiger partial charge < -0.3 is 9.79 Å². The van der Waals surface area contributed by atoms with Crippen molar-refractivity contribution in [1.82, 2.24) is 0 Å². The van der Waals surface area contributed by atoms with Crippen LogP contribution in [-0.2, 0) is 9.09 Å². The van der Waals surface area contributed by atoms with Crippen molar-refractivity contribution < 1.29 is 18.9 Å². The molecule has 0 aliphatic heterocycles. The first-order chi connectivity index (χ1) is 11.2. The Morgan fingerprint density at radius 1 is 0.875 bits per heavy atom. The lowest BCUT2D eigenvalue weighted by molar-refractivity contribution is -0.119. The van der Waals surface area contributed by atoms with Gasteiger partial charge in [0.25, 0.3) is 0 Å². The zero-order valence-electron chi connectivity index (χ0n) is 15.1. The fourth-order valence-electron chi connectivity index (χ4n) is 7.59. The van der Waals surface area contributed by atoms with Gasteiger partial charge in [0.2, 0.25) is 0 Å². The van der Waals surface area contributed by atoms with Crippen molar-refractivity contribution in [2.24, 2.45) is 34.5 Å². The van der Waals surface area contributed by atoms with Gasteiger partial charge in [-0.25, -0.2) is 4.57 Å². The van der Waals surface area contributed by atoms with Crippen LogP contribution in [0.2, 0.25) is 0 Å². The summed E-state index contributed by atoms with van der Waals surface area (Å²) in [7, 11) is -4.39. The standard InChI is InChI=1S/C19H33O4P/c1-18-11-4-3-5-13(18)6-7-14-15-8-9-17(23-24(20,21)22)19(15,2)12-10-16(14)18/h13-17H,3-12H2,1-2H3,(H2,20,21,22)/t13?,14-,15+,16-,17-,18-,19-/m0/s1. The van der Waals surface area contributed by atoms with Crippen LogP contribution in [0.4, 0.5) is 0 Å². The maximum absolute atomic E-state index is 11.4. The molecular formula is C19H33O4P. The molecule has 0 aromatic carbocycles. The maximum Gasteiger partial charge on any atom is 0.469 e. The molecule has 4 rings (SSSR count). The Bertz CT molecular complexity index is 545. The highest BCUT2D eigenvalue weighted by molar-refractivity contribution is 7.46. The minimum Gasteiger partial charge on any atom is -0.303 e. The van der Waals surface area contributed by atoms with Crippen LogP contribution in [0, 0.1) is 34.5 Å². The molecule has 4 fully saturated rings. The number of rotatable bonds is 2. The molecule has 0 spiro atoms. The second kappa shape index (κ2) is 5.81. The second-order valence-electron chi connectivity index (χ2n) is 9.61. The van der Waals surface area contributed by atoms with E-state index in [0.29, 0.717) is 11.3 Å². The van der Waals surface area contributed by atoms with Gasteiger partial charge >= 0.3 is 7.82 Å². The highest BCUT2D eigenvalue weighted by Crippen LogP contribution is 2.67. The average molecular weight is 356 g/mol. The van der Waals surface area contributed by atoms with Gasteiger partial charge in [-0.1, -0.05) is 26.7 Å². The number of hydrogen-bond acceptors (Lipinski definition) is 2. The van der Waals surface area contributed by atoms with Gasteiger partial charge in [0.15, 0.2) is 0 Å². The van der Waals surface area contributed by atoms with Crippen LogP contribution in [0.25, 0.3) is 0 Å². The molecule has 2 N–H and O–H groups in total. The Morgan fingerprint density at radius 2 is 1.62 bits per heavy atom. The van der Waals surface area contributed by atoms with Crippen molar-refractivity contribution in [3.63, 3.8) is 0 Å². The molecule has 4 saturated carbocycles. The summed E-state index contributed by atoms with van der Waals surface area (Å²) in [6, 6.07) is 0. The lowest BCUT2D eigenvalue weighted by atomic mass is 9.45. The number of phosphoric ester groups is 1. The summed E-state index contributed by atoms with van der Waals surface area (Å²) in [6.45, 7) is 4.81. The molecule has 0 aromatic heterocycles. The average Bonchev–Trinajstić information content (AvgIpc) is 2.82. The van der Waals surface area contributed by atoms with Crippen LogP contribution in [0.15, 0.2) is 0 Å². The van der Waals surface area contributed by atoms with Crippen LogP contribution in [0.1, 0.15) is 78.1 Å². The van der Waals surface area contributed by atoms with Gasteiger partial charge in [0, 0.05) is 0 Å². The molecule has 1 unspecified atom stereocenters. The minimum absolute atomic E-state index is 0.0415. The fraction of sp³-hybridized carbons (Fsp3) is 1.00. The third kappa shape index (κ3) is 2.64. The molecule has 0 bridgehead atoms. The van der Waals surface area contributed by atoms with Crippen LogP contribution in [-0.4, -0.2) is 15.9 Å². The maximum atomic E-state index is 11.4. The molecule has 4 aliphatic rings. The summed E-state index contributed by atoms with van der Waals surface area (Å²) >= 11 is 0. The monoisotopic (exact) mass is 356 g/mol. The molecule has 138 valence electrons. The van der Waals surface area contributed by atoms with Crippen molar-refractivity contribution in [2.75, 3.05) is 0 Å². The number of hydrogen-bond donors (Lipinski definition) is 2. The molecule has 4 nitrogen and oxygen atoms in total. The Morgan fingerprint density at radius 3 is 2.38 bits per heavy atom. The van der Waals surface area contributed by atoms with Crippen molar-refractivity contribution in [2.45, 2.75) is 84.2 Å². The molecule has 24 heavy (non-hydrogen) atoms. The van der Waals surface area contributed by atoms with E-state index in [0.717, 1.165) is 37.0 Å². The predicted octanol–water partition coefficient (Wildman–Crippen LogP) is 4.90. The summed E-state index contributed by atoms with van der Waals surface area (Å²) in [5.41, 5.74) is 0.477. The van der Waals surface area contributed by atoms with Crippen molar-refractivity contribution in [3.8, 4) is 0 Å². The predicted molar refractivity (Wildman–Crippen MR) is 93.3 cm³/mol. The third-order valence-electron chi connectivity index (χ3n) is 8.76. The van der Waals surface area contributed by atoms with E-state index in [-0.39, 0.29) is 11.5 Å². The third-order valence-corrected chi connectivity index (χ3v) is 9.29. The van der Waals surface area contributed by atoms with Gasteiger partial charge in [-0.15, -0.1) is 0 Å². The minimum atomic E-state index is -4.39. The van der Waals surface area contributed by atoms with Crippen LogP contribution < -0.4 is 0 Å². The summed E-state index contributed by atoms with van der Waals surface area (Å²) in [6.07, 6.45) is 12.3. The molecule has 0 aromatic rings. The molecular weight excluding hydrogens is 323 g/mol. The highest BCUT2D eigenvalue weighted by atomic mass is 31.2. The van der Waals surface area contributed by atoms with E-state index in [1.165, 1.54) is 44.9 Å². The molecule has 0 saturated heterocycles. The SMILES string of the molecule is C[C@]12CC[C@H]3[C@@H](CCC4CCCC[C@@]43C)[C@H]1CC[C@@H]2OP(=O)(O)O. The van der Waals surface area contributed by atoms with Gasteiger partial charge in [0.1, 0.15) is 0 Å². The summed E-state index contributed by atoms with van der Waals surface area (Å²) < 4.78 is 16.6. The molecule has 4 aliphatic carbocycles. The zero-order chi connectivity index (χ0) is 17.2. The largest absolute Gasteiger partial charge is 0.469 e. The van der Waals surface area contributed by atoms with Gasteiger partial charge in [-0.3, -0.25) is 4.52 Å². The molecule has 0 radical (unpaired) electrons. The summed E-state index contributed by atoms with van der Waals surface area (Å²) in [4.78, 5) is 18.6. The van der Waals surface area contributed by atoms with E-state index < -0.39 is 7.82 Å². The fourth-order valence-corrected chi connectivity index (χ4v) is 8.26. The highest BCUT2D eigenvalue weighted by Gasteiger charge is 2.60. The topological polar surface area (TPSA) is 66.8 Å². The Balaban J connectivity index is 1.58. The Hall–Kier alpha value is 0.110. The normalized spacial score (nSPS) is 51.6. The molecule has 7 atom stereocenters. The van der Waals surface area contributed by atoms with Crippen LogP contribution in [0.3, 0.4) is 0 Å². The van der Waals surface area contributed by atoms with E-state index in [1.54, 1.807) is 0 Å². The van der Waals surface area contributed by atoms with E-state index in [2.05, 4.69) is 13.8 Å². The van der Waals surface area contributed by atoms with Crippen molar-refractivity contribution >= 4 is 7.82 Å². The summed E-state index contributed by atoms with van der Waals surface area (Å²) in [5.74, 6) is 3.07. The van der Waals surface area contributed by atoms with E-state index in [9.17, 15) is 14.4 Å². The van der Waals surface area contributed by atoms with Crippen LogP contribution in [0.5, 0.6) is 0 Å². The number of fused-ring (bicyclic) bond motifs is 5. The Labute approximate surface area is 146 Å².